The van der Waals surface area contributed by atoms with Gasteiger partial charge in [0.15, 0.2) is 0 Å². The zero-order valence-corrected chi connectivity index (χ0v) is 12.1. The molecule has 0 aromatic heterocycles. The van der Waals surface area contributed by atoms with Gasteiger partial charge in [0.1, 0.15) is 6.04 Å². The Kier molecular flexibility index (Phi) is 3.86. The third kappa shape index (κ3) is 2.56. The molecule has 1 saturated heterocycles. The largest absolute Gasteiger partial charge is 0.480 e. The van der Waals surface area contributed by atoms with Crippen molar-refractivity contribution < 1.29 is 23.4 Å². The zero-order valence-electron chi connectivity index (χ0n) is 11.3. The second-order valence-electron chi connectivity index (χ2n) is 5.09. The minimum atomic E-state index is -3.92. The van der Waals surface area contributed by atoms with E-state index >= 15 is 0 Å². The molecule has 110 valence electrons. The lowest BCUT2D eigenvalue weighted by atomic mass is 10.2. The summed E-state index contributed by atoms with van der Waals surface area (Å²) in [5, 5.41) is 18.7. The van der Waals surface area contributed by atoms with Crippen LogP contribution in [0.5, 0.6) is 0 Å². The summed E-state index contributed by atoms with van der Waals surface area (Å²) in [6, 6.07) is 3.66. The highest BCUT2D eigenvalue weighted by Gasteiger charge is 2.43. The molecule has 0 bridgehead atoms. The second-order valence-corrected chi connectivity index (χ2v) is 6.95. The Labute approximate surface area is 117 Å². The lowest BCUT2D eigenvalue weighted by molar-refractivity contribution is -0.140. The van der Waals surface area contributed by atoms with Gasteiger partial charge in [-0.3, -0.25) is 4.79 Å². The van der Waals surface area contributed by atoms with E-state index in [0.717, 1.165) is 9.87 Å². The number of hydrogen-bond acceptors (Lipinski definition) is 4. The van der Waals surface area contributed by atoms with E-state index in [1.165, 1.54) is 6.07 Å². The first-order chi connectivity index (χ1) is 9.23. The third-order valence-corrected chi connectivity index (χ3v) is 5.47. The number of aryl methyl sites for hydroxylation is 2. The first-order valence-corrected chi connectivity index (χ1v) is 7.67. The third-order valence-electron chi connectivity index (χ3n) is 3.44. The van der Waals surface area contributed by atoms with Gasteiger partial charge in [-0.25, -0.2) is 8.42 Å². The van der Waals surface area contributed by atoms with Gasteiger partial charge in [0, 0.05) is 13.0 Å². The highest BCUT2D eigenvalue weighted by Crippen LogP contribution is 2.28. The molecule has 1 fully saturated rings. The topological polar surface area (TPSA) is 94.9 Å². The summed E-state index contributed by atoms with van der Waals surface area (Å²) < 4.78 is 26.0. The standard InChI is InChI=1S/C13H17NO5S/c1-8-3-4-12(9(2)5-8)20(18,19)14-7-10(15)6-11(14)13(16)17/h3-5,10-11,15H,6-7H2,1-2H3,(H,16,17)/t10-,11+/m1/s1. The minimum absolute atomic E-state index is 0.0839. The average Bonchev–Trinajstić information content (AvgIpc) is 2.71. The van der Waals surface area contributed by atoms with E-state index in [4.69, 9.17) is 5.11 Å². The van der Waals surface area contributed by atoms with Crippen molar-refractivity contribution in [2.45, 2.75) is 37.3 Å². The van der Waals surface area contributed by atoms with Gasteiger partial charge in [0.05, 0.1) is 11.0 Å². The van der Waals surface area contributed by atoms with Crippen LogP contribution < -0.4 is 0 Å². The molecule has 20 heavy (non-hydrogen) atoms. The smallest absolute Gasteiger partial charge is 0.322 e. The SMILES string of the molecule is Cc1ccc(S(=O)(=O)N2C[C@H](O)C[C@H]2C(=O)O)c(C)c1. The van der Waals surface area contributed by atoms with Crippen molar-refractivity contribution in [1.82, 2.24) is 4.31 Å². The maximum absolute atomic E-state index is 12.6. The molecule has 6 nitrogen and oxygen atoms in total. The molecule has 1 aliphatic rings. The van der Waals surface area contributed by atoms with Crippen LogP contribution in [-0.4, -0.2) is 47.6 Å². The number of hydrogen-bond donors (Lipinski definition) is 2. The van der Waals surface area contributed by atoms with E-state index in [0.29, 0.717) is 5.56 Å². The summed E-state index contributed by atoms with van der Waals surface area (Å²) >= 11 is 0. The van der Waals surface area contributed by atoms with Crippen LogP contribution >= 0.6 is 0 Å². The van der Waals surface area contributed by atoms with E-state index < -0.39 is 28.1 Å². The van der Waals surface area contributed by atoms with Crippen LogP contribution in [0, 0.1) is 13.8 Å². The number of aliphatic carboxylic acids is 1. The van der Waals surface area contributed by atoms with E-state index in [1.807, 2.05) is 6.92 Å². The van der Waals surface area contributed by atoms with E-state index in [-0.39, 0.29) is 17.9 Å². The number of benzene rings is 1. The minimum Gasteiger partial charge on any atom is -0.480 e. The number of carbonyl (C=O) groups is 1. The molecule has 0 spiro atoms. The summed E-state index contributed by atoms with van der Waals surface area (Å²) in [7, 11) is -3.92. The molecule has 0 saturated carbocycles. The van der Waals surface area contributed by atoms with Crippen LogP contribution in [0.1, 0.15) is 17.5 Å². The molecule has 0 aliphatic carbocycles. The fourth-order valence-corrected chi connectivity index (χ4v) is 4.33. The van der Waals surface area contributed by atoms with Crippen LogP contribution in [0.25, 0.3) is 0 Å². The fraction of sp³-hybridized carbons (Fsp3) is 0.462. The zero-order chi connectivity index (χ0) is 15.1. The normalized spacial score (nSPS) is 23.9. The summed E-state index contributed by atoms with van der Waals surface area (Å²) in [4.78, 5) is 11.2. The van der Waals surface area contributed by atoms with Crippen molar-refractivity contribution >= 4 is 16.0 Å². The lowest BCUT2D eigenvalue weighted by Crippen LogP contribution is -2.40. The number of aliphatic hydroxyl groups excluding tert-OH is 1. The Bertz CT molecular complexity index is 640. The van der Waals surface area contributed by atoms with Crippen LogP contribution in [-0.2, 0) is 14.8 Å². The maximum atomic E-state index is 12.6. The van der Waals surface area contributed by atoms with Crippen molar-refractivity contribution in [2.75, 3.05) is 6.54 Å². The predicted octanol–water partition coefficient (Wildman–Crippen LogP) is 0.512. The number of aliphatic hydroxyl groups is 1. The van der Waals surface area contributed by atoms with Crippen LogP contribution in [0.2, 0.25) is 0 Å². The van der Waals surface area contributed by atoms with Gasteiger partial charge in [-0.15, -0.1) is 0 Å². The molecule has 0 amide bonds. The van der Waals surface area contributed by atoms with Crippen LogP contribution in [0.4, 0.5) is 0 Å². The number of nitrogens with zero attached hydrogens (tertiary/aromatic N) is 1. The molecule has 1 aromatic rings. The number of rotatable bonds is 3. The summed E-state index contributed by atoms with van der Waals surface area (Å²) in [6.45, 7) is 3.33. The Morgan fingerprint density at radius 1 is 1.35 bits per heavy atom. The van der Waals surface area contributed by atoms with Gasteiger partial charge in [-0.2, -0.15) is 4.31 Å². The molecule has 1 aromatic carbocycles. The van der Waals surface area contributed by atoms with E-state index in [2.05, 4.69) is 0 Å². The van der Waals surface area contributed by atoms with E-state index in [9.17, 15) is 18.3 Å². The number of carboxylic acids is 1. The van der Waals surface area contributed by atoms with E-state index in [1.54, 1.807) is 19.1 Å². The Morgan fingerprint density at radius 3 is 2.55 bits per heavy atom. The second kappa shape index (κ2) is 5.16. The van der Waals surface area contributed by atoms with Crippen molar-refractivity contribution in [2.24, 2.45) is 0 Å². The van der Waals surface area contributed by atoms with Gasteiger partial charge in [-0.05, 0) is 25.5 Å². The van der Waals surface area contributed by atoms with Crippen molar-refractivity contribution in [1.29, 1.82) is 0 Å². The highest BCUT2D eigenvalue weighted by molar-refractivity contribution is 7.89. The predicted molar refractivity (Wildman–Crippen MR) is 71.9 cm³/mol. The van der Waals surface area contributed by atoms with Gasteiger partial charge in [-0.1, -0.05) is 17.7 Å². The quantitative estimate of drug-likeness (QED) is 0.848. The summed E-state index contributed by atoms with van der Waals surface area (Å²) in [5.74, 6) is -1.24. The lowest BCUT2D eigenvalue weighted by Gasteiger charge is -2.21. The first kappa shape index (κ1) is 15.0. The Hall–Kier alpha value is -1.44. The van der Waals surface area contributed by atoms with Crippen molar-refractivity contribution in [3.63, 3.8) is 0 Å². The monoisotopic (exact) mass is 299 g/mol. The molecular weight excluding hydrogens is 282 g/mol. The number of sulfonamides is 1. The molecule has 0 unspecified atom stereocenters. The first-order valence-electron chi connectivity index (χ1n) is 6.23. The molecule has 1 heterocycles. The van der Waals surface area contributed by atoms with Gasteiger partial charge in [0.25, 0.3) is 0 Å². The van der Waals surface area contributed by atoms with Crippen LogP contribution in [0.15, 0.2) is 23.1 Å². The maximum Gasteiger partial charge on any atom is 0.322 e. The molecule has 2 rings (SSSR count). The number of β-amino-alcohol motifs (C(OH)–C–C–N with tert-alkyl or cyclic N) is 1. The highest BCUT2D eigenvalue weighted by atomic mass is 32.2. The molecule has 1 aliphatic heterocycles. The summed E-state index contributed by atoms with van der Waals surface area (Å²) in [5.41, 5.74) is 1.49. The van der Waals surface area contributed by atoms with Gasteiger partial charge in [0.2, 0.25) is 10.0 Å². The van der Waals surface area contributed by atoms with Gasteiger partial charge < -0.3 is 10.2 Å². The van der Waals surface area contributed by atoms with Gasteiger partial charge >= 0.3 is 5.97 Å². The van der Waals surface area contributed by atoms with Crippen molar-refractivity contribution in [3.05, 3.63) is 29.3 Å². The van der Waals surface area contributed by atoms with Crippen LogP contribution in [0.3, 0.4) is 0 Å². The summed E-state index contributed by atoms with van der Waals surface area (Å²) in [6.07, 6.45) is -1.03. The molecular formula is C13H17NO5S. The molecule has 2 N–H and O–H groups in total. The average molecular weight is 299 g/mol. The molecule has 7 heteroatoms. The number of carboxylic acid groups (broad SMARTS) is 1. The fourth-order valence-electron chi connectivity index (χ4n) is 2.49. The Morgan fingerprint density at radius 2 is 2.00 bits per heavy atom. The Balaban J connectivity index is 2.46. The van der Waals surface area contributed by atoms with Crippen molar-refractivity contribution in [3.8, 4) is 0 Å². The molecule has 0 radical (unpaired) electrons. The molecule has 2 atom stereocenters.